The van der Waals surface area contributed by atoms with Gasteiger partial charge < -0.3 is 4.74 Å². The molecule has 0 saturated carbocycles. The van der Waals surface area contributed by atoms with E-state index in [9.17, 15) is 10.1 Å². The van der Waals surface area contributed by atoms with Crippen LogP contribution in [0.25, 0.3) is 0 Å². The molecule has 1 aromatic rings. The van der Waals surface area contributed by atoms with Gasteiger partial charge in [0, 0.05) is 12.7 Å². The smallest absolute Gasteiger partial charge is 0.283 e. The molecule has 0 fully saturated rings. The third-order valence-corrected chi connectivity index (χ3v) is 3.33. The molecule has 18 heavy (non-hydrogen) atoms. The highest BCUT2D eigenvalue weighted by Gasteiger charge is 2.12. The van der Waals surface area contributed by atoms with Crippen molar-refractivity contribution in [2.24, 2.45) is 5.92 Å². The van der Waals surface area contributed by atoms with Gasteiger partial charge in [-0.2, -0.15) is 0 Å². The summed E-state index contributed by atoms with van der Waals surface area (Å²) in [6.07, 6.45) is 2.29. The number of nitrogens with zero attached hydrogens (tertiary/aromatic N) is 1. The number of hydrogen-bond acceptors (Lipinski definition) is 3. The van der Waals surface area contributed by atoms with Gasteiger partial charge in [-0.3, -0.25) is 10.1 Å². The molecule has 1 atom stereocenters. The maximum Gasteiger partial charge on any atom is 0.283 e. The van der Waals surface area contributed by atoms with Gasteiger partial charge >= 0.3 is 0 Å². The molecule has 1 aromatic carbocycles. The fourth-order valence-corrected chi connectivity index (χ4v) is 2.13. The van der Waals surface area contributed by atoms with Crippen LogP contribution < -0.4 is 0 Å². The molecule has 0 aliphatic heterocycles. The molecular formula is C13H18BrNO3. The number of ether oxygens (including phenoxy) is 1. The minimum Gasteiger partial charge on any atom is -0.376 e. The Morgan fingerprint density at radius 2 is 2.22 bits per heavy atom. The summed E-state index contributed by atoms with van der Waals surface area (Å²) in [6, 6.07) is 5.07. The number of nitro groups is 1. The van der Waals surface area contributed by atoms with Crippen LogP contribution in [0.3, 0.4) is 0 Å². The van der Waals surface area contributed by atoms with E-state index in [4.69, 9.17) is 4.74 Å². The zero-order chi connectivity index (χ0) is 13.5. The summed E-state index contributed by atoms with van der Waals surface area (Å²) in [5.41, 5.74) is 0.909. The van der Waals surface area contributed by atoms with Gasteiger partial charge in [-0.25, -0.2) is 0 Å². The second-order valence-electron chi connectivity index (χ2n) is 4.45. The van der Waals surface area contributed by atoms with Crippen LogP contribution in [0.15, 0.2) is 22.7 Å². The van der Waals surface area contributed by atoms with Crippen molar-refractivity contribution in [1.29, 1.82) is 0 Å². The third kappa shape index (κ3) is 4.74. The van der Waals surface area contributed by atoms with Crippen molar-refractivity contribution in [2.45, 2.75) is 33.3 Å². The van der Waals surface area contributed by atoms with Crippen LogP contribution in [0.2, 0.25) is 0 Å². The zero-order valence-electron chi connectivity index (χ0n) is 10.7. The first-order chi connectivity index (χ1) is 8.54. The van der Waals surface area contributed by atoms with Crippen LogP contribution in [-0.2, 0) is 11.3 Å². The maximum absolute atomic E-state index is 10.8. The quantitative estimate of drug-likeness (QED) is 0.556. The van der Waals surface area contributed by atoms with Gasteiger partial charge in [0.15, 0.2) is 0 Å². The fourth-order valence-electron chi connectivity index (χ4n) is 1.74. The molecule has 100 valence electrons. The number of hydrogen-bond donors (Lipinski definition) is 0. The molecule has 0 amide bonds. The Labute approximate surface area is 116 Å². The zero-order valence-corrected chi connectivity index (χ0v) is 12.3. The Morgan fingerprint density at radius 3 is 2.83 bits per heavy atom. The number of halogens is 1. The molecule has 0 heterocycles. The van der Waals surface area contributed by atoms with Crippen molar-refractivity contribution < 1.29 is 9.66 Å². The van der Waals surface area contributed by atoms with Crippen LogP contribution >= 0.6 is 15.9 Å². The lowest BCUT2D eigenvalue weighted by Crippen LogP contribution is -2.05. The summed E-state index contributed by atoms with van der Waals surface area (Å²) >= 11 is 3.16. The van der Waals surface area contributed by atoms with Crippen LogP contribution in [-0.4, -0.2) is 11.5 Å². The molecule has 0 aliphatic carbocycles. The van der Waals surface area contributed by atoms with Crippen molar-refractivity contribution in [1.82, 2.24) is 0 Å². The molecule has 1 rings (SSSR count). The minimum absolute atomic E-state index is 0.0812. The average Bonchev–Trinajstić information content (AvgIpc) is 2.31. The van der Waals surface area contributed by atoms with E-state index in [1.807, 2.05) is 6.07 Å². The van der Waals surface area contributed by atoms with Crippen LogP contribution in [0.1, 0.15) is 32.3 Å². The Bertz CT molecular complexity index is 409. The van der Waals surface area contributed by atoms with E-state index in [2.05, 4.69) is 29.8 Å². The standard InChI is InChI=1S/C13H18BrNO3/c1-3-4-10(2)8-18-9-11-5-6-12(14)13(7-11)15(16)17/h5-7,10H,3-4,8-9H2,1-2H3. The van der Waals surface area contributed by atoms with Gasteiger partial charge in [0.05, 0.1) is 16.0 Å². The van der Waals surface area contributed by atoms with E-state index in [1.165, 1.54) is 0 Å². The van der Waals surface area contributed by atoms with Crippen molar-refractivity contribution in [3.63, 3.8) is 0 Å². The second kappa shape index (κ2) is 7.48. The van der Waals surface area contributed by atoms with Gasteiger partial charge in [0.25, 0.3) is 5.69 Å². The van der Waals surface area contributed by atoms with Crippen molar-refractivity contribution >= 4 is 21.6 Å². The largest absolute Gasteiger partial charge is 0.376 e. The predicted molar refractivity (Wildman–Crippen MR) is 74.5 cm³/mol. The predicted octanol–water partition coefficient (Wildman–Crippen LogP) is 4.31. The lowest BCUT2D eigenvalue weighted by atomic mass is 10.1. The Balaban J connectivity index is 2.53. The van der Waals surface area contributed by atoms with E-state index in [0.717, 1.165) is 18.4 Å². The molecule has 0 radical (unpaired) electrons. The summed E-state index contributed by atoms with van der Waals surface area (Å²) in [4.78, 5) is 10.4. The molecule has 0 aromatic heterocycles. The lowest BCUT2D eigenvalue weighted by molar-refractivity contribution is -0.385. The monoisotopic (exact) mass is 315 g/mol. The molecule has 1 unspecified atom stereocenters. The summed E-state index contributed by atoms with van der Waals surface area (Å²) in [6.45, 7) is 5.40. The van der Waals surface area contributed by atoms with E-state index in [-0.39, 0.29) is 5.69 Å². The van der Waals surface area contributed by atoms with Crippen molar-refractivity contribution in [3.05, 3.63) is 38.3 Å². The van der Waals surface area contributed by atoms with Crippen molar-refractivity contribution in [3.8, 4) is 0 Å². The Kier molecular flexibility index (Phi) is 6.29. The first-order valence-electron chi connectivity index (χ1n) is 6.05. The molecular weight excluding hydrogens is 298 g/mol. The molecule has 5 heteroatoms. The van der Waals surface area contributed by atoms with E-state index in [0.29, 0.717) is 23.6 Å². The maximum atomic E-state index is 10.8. The molecule has 0 bridgehead atoms. The van der Waals surface area contributed by atoms with Gasteiger partial charge in [-0.15, -0.1) is 0 Å². The van der Waals surface area contributed by atoms with Gasteiger partial charge in [0.2, 0.25) is 0 Å². The van der Waals surface area contributed by atoms with Gasteiger partial charge in [-0.1, -0.05) is 26.3 Å². The Morgan fingerprint density at radius 1 is 1.50 bits per heavy atom. The molecule has 4 nitrogen and oxygen atoms in total. The van der Waals surface area contributed by atoms with Gasteiger partial charge in [0.1, 0.15) is 0 Å². The topological polar surface area (TPSA) is 52.4 Å². The molecule has 0 aliphatic rings. The van der Waals surface area contributed by atoms with E-state index < -0.39 is 4.92 Å². The third-order valence-electron chi connectivity index (χ3n) is 2.66. The number of nitro benzene ring substituents is 1. The molecule has 0 saturated heterocycles. The normalized spacial score (nSPS) is 12.4. The van der Waals surface area contributed by atoms with Crippen LogP contribution in [0.5, 0.6) is 0 Å². The van der Waals surface area contributed by atoms with Crippen molar-refractivity contribution in [2.75, 3.05) is 6.61 Å². The molecule has 0 spiro atoms. The van der Waals surface area contributed by atoms with Gasteiger partial charge in [-0.05, 0) is 39.9 Å². The highest BCUT2D eigenvalue weighted by molar-refractivity contribution is 9.10. The van der Waals surface area contributed by atoms with Crippen LogP contribution in [0, 0.1) is 16.0 Å². The fraction of sp³-hybridized carbons (Fsp3) is 0.538. The summed E-state index contributed by atoms with van der Waals surface area (Å²) in [7, 11) is 0. The second-order valence-corrected chi connectivity index (χ2v) is 5.31. The van der Waals surface area contributed by atoms with E-state index >= 15 is 0 Å². The lowest BCUT2D eigenvalue weighted by Gasteiger charge is -2.10. The van der Waals surface area contributed by atoms with E-state index in [1.54, 1.807) is 12.1 Å². The first-order valence-corrected chi connectivity index (χ1v) is 6.84. The highest BCUT2D eigenvalue weighted by atomic mass is 79.9. The minimum atomic E-state index is -0.396. The summed E-state index contributed by atoms with van der Waals surface area (Å²) in [5, 5.41) is 10.8. The SMILES string of the molecule is CCCC(C)COCc1ccc(Br)c([N+](=O)[O-])c1. The molecule has 0 N–H and O–H groups in total. The number of benzene rings is 1. The summed E-state index contributed by atoms with van der Waals surface area (Å²) < 4.78 is 6.07. The first kappa shape index (κ1) is 15.1. The summed E-state index contributed by atoms with van der Waals surface area (Å²) in [5.74, 6) is 0.528. The highest BCUT2D eigenvalue weighted by Crippen LogP contribution is 2.25. The average molecular weight is 316 g/mol. The Hall–Kier alpha value is -0.940. The van der Waals surface area contributed by atoms with Crippen LogP contribution in [0.4, 0.5) is 5.69 Å². The number of rotatable bonds is 7.